The first kappa shape index (κ1) is 17.3. The Bertz CT molecular complexity index is 882. The quantitative estimate of drug-likeness (QED) is 0.658. The zero-order chi connectivity index (χ0) is 17.6. The molecule has 0 saturated heterocycles. The summed E-state index contributed by atoms with van der Waals surface area (Å²) in [5.74, 6) is -0.246. The normalized spacial score (nSPS) is 10.3. The van der Waals surface area contributed by atoms with Crippen LogP contribution in [0.2, 0.25) is 10.0 Å². The van der Waals surface area contributed by atoms with Gasteiger partial charge in [-0.3, -0.25) is 9.78 Å². The highest BCUT2D eigenvalue weighted by Crippen LogP contribution is 2.20. The molecular formula is C19H15Cl2N3O. The van der Waals surface area contributed by atoms with Gasteiger partial charge in [0.15, 0.2) is 0 Å². The Labute approximate surface area is 155 Å². The number of hydrogen-bond acceptors (Lipinski definition) is 3. The zero-order valence-electron chi connectivity index (χ0n) is 13.2. The van der Waals surface area contributed by atoms with Gasteiger partial charge in [0.25, 0.3) is 5.91 Å². The topological polar surface area (TPSA) is 54.0 Å². The second kappa shape index (κ2) is 8.01. The van der Waals surface area contributed by atoms with E-state index in [9.17, 15) is 4.79 Å². The van der Waals surface area contributed by atoms with E-state index in [1.807, 2.05) is 30.3 Å². The van der Waals surface area contributed by atoms with Gasteiger partial charge in [-0.05, 0) is 48.0 Å². The smallest absolute Gasteiger partial charge is 0.270 e. The van der Waals surface area contributed by atoms with Crippen molar-refractivity contribution in [3.05, 3.63) is 88.2 Å². The summed E-state index contributed by atoms with van der Waals surface area (Å²) >= 11 is 11.8. The Morgan fingerprint density at radius 2 is 1.68 bits per heavy atom. The van der Waals surface area contributed by atoms with Crippen LogP contribution in [0.5, 0.6) is 0 Å². The number of pyridine rings is 1. The van der Waals surface area contributed by atoms with Gasteiger partial charge in [-0.25, -0.2) is 0 Å². The molecule has 0 aliphatic carbocycles. The summed E-state index contributed by atoms with van der Waals surface area (Å²) in [6, 6.07) is 18.2. The molecule has 0 atom stereocenters. The van der Waals surface area contributed by atoms with Crippen molar-refractivity contribution < 1.29 is 4.79 Å². The maximum Gasteiger partial charge on any atom is 0.270 e. The van der Waals surface area contributed by atoms with Crippen molar-refractivity contribution >= 4 is 40.5 Å². The average Bonchev–Trinajstić information content (AvgIpc) is 2.61. The highest BCUT2D eigenvalue weighted by molar-refractivity contribution is 6.31. The number of halogens is 2. The molecule has 3 aromatic rings. The van der Waals surface area contributed by atoms with E-state index in [-0.39, 0.29) is 5.91 Å². The minimum Gasteiger partial charge on any atom is -0.355 e. The fourth-order valence-corrected chi connectivity index (χ4v) is 2.56. The van der Waals surface area contributed by atoms with Crippen LogP contribution in [0.25, 0.3) is 0 Å². The third kappa shape index (κ3) is 4.95. The molecule has 0 fully saturated rings. The number of carbonyl (C=O) groups is 1. The van der Waals surface area contributed by atoms with Gasteiger partial charge in [-0.1, -0.05) is 41.4 Å². The summed E-state index contributed by atoms with van der Waals surface area (Å²) in [5.41, 5.74) is 2.90. The first-order valence-electron chi connectivity index (χ1n) is 7.61. The zero-order valence-corrected chi connectivity index (χ0v) is 14.7. The molecule has 6 heteroatoms. The second-order valence-electron chi connectivity index (χ2n) is 5.37. The van der Waals surface area contributed by atoms with Crippen LogP contribution in [0.4, 0.5) is 11.4 Å². The lowest BCUT2D eigenvalue weighted by Crippen LogP contribution is -2.23. The van der Waals surface area contributed by atoms with Crippen molar-refractivity contribution in [1.29, 1.82) is 0 Å². The van der Waals surface area contributed by atoms with Crippen LogP contribution in [0.3, 0.4) is 0 Å². The van der Waals surface area contributed by atoms with E-state index < -0.39 is 0 Å². The van der Waals surface area contributed by atoms with Crippen LogP contribution in [0, 0.1) is 0 Å². The highest BCUT2D eigenvalue weighted by atomic mass is 35.5. The number of hydrogen-bond donors (Lipinski definition) is 2. The van der Waals surface area contributed by atoms with Crippen LogP contribution >= 0.6 is 23.2 Å². The Kier molecular flexibility index (Phi) is 5.53. The number of carbonyl (C=O) groups excluding carboxylic acids is 1. The van der Waals surface area contributed by atoms with E-state index in [1.54, 1.807) is 36.5 Å². The molecule has 0 saturated carbocycles. The predicted molar refractivity (Wildman–Crippen MR) is 102 cm³/mol. The third-order valence-corrected chi connectivity index (χ3v) is 3.96. The predicted octanol–water partition coefficient (Wildman–Crippen LogP) is 5.06. The summed E-state index contributed by atoms with van der Waals surface area (Å²) in [6.07, 6.45) is 1.59. The summed E-state index contributed by atoms with van der Waals surface area (Å²) in [4.78, 5) is 16.4. The Morgan fingerprint density at radius 3 is 2.44 bits per heavy atom. The average molecular weight is 372 g/mol. The van der Waals surface area contributed by atoms with Gasteiger partial charge < -0.3 is 10.6 Å². The number of benzene rings is 2. The molecule has 0 aliphatic rings. The summed E-state index contributed by atoms with van der Waals surface area (Å²) in [5, 5.41) is 7.34. The summed E-state index contributed by atoms with van der Waals surface area (Å²) in [7, 11) is 0. The van der Waals surface area contributed by atoms with Crippen molar-refractivity contribution in [2.24, 2.45) is 0 Å². The van der Waals surface area contributed by atoms with Gasteiger partial charge in [-0.2, -0.15) is 0 Å². The monoisotopic (exact) mass is 371 g/mol. The summed E-state index contributed by atoms with van der Waals surface area (Å²) < 4.78 is 0. The number of rotatable bonds is 5. The molecule has 3 rings (SSSR count). The maximum atomic E-state index is 12.3. The molecule has 25 heavy (non-hydrogen) atoms. The fourth-order valence-electron chi connectivity index (χ4n) is 2.24. The van der Waals surface area contributed by atoms with Crippen molar-refractivity contribution in [1.82, 2.24) is 10.3 Å². The van der Waals surface area contributed by atoms with Gasteiger partial charge in [0.1, 0.15) is 5.69 Å². The number of nitrogens with zero attached hydrogens (tertiary/aromatic N) is 1. The molecule has 2 N–H and O–H groups in total. The fraction of sp³-hybridized carbons (Fsp3) is 0.0526. The molecule has 0 spiro atoms. The molecule has 2 aromatic carbocycles. The molecule has 1 aromatic heterocycles. The summed E-state index contributed by atoms with van der Waals surface area (Å²) in [6.45, 7) is 0.406. The van der Waals surface area contributed by atoms with E-state index in [2.05, 4.69) is 15.6 Å². The first-order valence-corrected chi connectivity index (χ1v) is 8.37. The van der Waals surface area contributed by atoms with Crippen LogP contribution in [0.1, 0.15) is 16.1 Å². The number of amides is 1. The SMILES string of the molecule is O=C(NCc1ccc(Cl)cc1)c1cc(Nc2cccc(Cl)c2)ccn1. The first-order chi connectivity index (χ1) is 12.1. The standard InChI is InChI=1S/C19H15Cl2N3O/c20-14-6-4-13(5-7-14)12-23-19(25)18-11-17(8-9-22-18)24-16-3-1-2-15(21)10-16/h1-11H,12H2,(H,22,24)(H,23,25). The lowest BCUT2D eigenvalue weighted by Gasteiger charge is -2.09. The molecule has 0 radical (unpaired) electrons. The largest absolute Gasteiger partial charge is 0.355 e. The molecule has 0 aliphatic heterocycles. The van der Waals surface area contributed by atoms with Gasteiger partial charge in [0.05, 0.1) is 0 Å². The second-order valence-corrected chi connectivity index (χ2v) is 6.25. The maximum absolute atomic E-state index is 12.3. The molecule has 4 nitrogen and oxygen atoms in total. The van der Waals surface area contributed by atoms with Crippen LogP contribution in [-0.4, -0.2) is 10.9 Å². The number of nitrogens with one attached hydrogen (secondary N) is 2. The Morgan fingerprint density at radius 1 is 0.920 bits per heavy atom. The Balaban J connectivity index is 1.65. The van der Waals surface area contributed by atoms with Gasteiger partial charge in [-0.15, -0.1) is 0 Å². The van der Waals surface area contributed by atoms with Crippen LogP contribution in [-0.2, 0) is 6.54 Å². The van der Waals surface area contributed by atoms with Crippen molar-refractivity contribution in [3.8, 4) is 0 Å². The van der Waals surface area contributed by atoms with E-state index in [0.29, 0.717) is 22.3 Å². The van der Waals surface area contributed by atoms with E-state index in [1.165, 1.54) is 0 Å². The van der Waals surface area contributed by atoms with Crippen molar-refractivity contribution in [2.75, 3.05) is 5.32 Å². The van der Waals surface area contributed by atoms with Crippen LogP contribution < -0.4 is 10.6 Å². The minimum absolute atomic E-state index is 0.246. The van der Waals surface area contributed by atoms with Crippen LogP contribution in [0.15, 0.2) is 66.9 Å². The molecule has 0 bridgehead atoms. The van der Waals surface area contributed by atoms with Gasteiger partial charge >= 0.3 is 0 Å². The van der Waals surface area contributed by atoms with E-state index in [4.69, 9.17) is 23.2 Å². The Hall–Kier alpha value is -2.56. The van der Waals surface area contributed by atoms with Crippen molar-refractivity contribution in [2.45, 2.75) is 6.54 Å². The van der Waals surface area contributed by atoms with E-state index in [0.717, 1.165) is 16.9 Å². The molecule has 0 unspecified atom stereocenters. The minimum atomic E-state index is -0.246. The van der Waals surface area contributed by atoms with Crippen molar-refractivity contribution in [3.63, 3.8) is 0 Å². The lowest BCUT2D eigenvalue weighted by atomic mass is 10.2. The molecule has 1 heterocycles. The molecule has 1 amide bonds. The molecule has 126 valence electrons. The third-order valence-electron chi connectivity index (χ3n) is 3.47. The van der Waals surface area contributed by atoms with Gasteiger partial charge in [0, 0.05) is 34.2 Å². The lowest BCUT2D eigenvalue weighted by molar-refractivity contribution is 0.0946. The van der Waals surface area contributed by atoms with E-state index >= 15 is 0 Å². The molecular weight excluding hydrogens is 357 g/mol. The van der Waals surface area contributed by atoms with Gasteiger partial charge in [0.2, 0.25) is 0 Å². The number of aromatic nitrogens is 1. The number of anilines is 2. The highest BCUT2D eigenvalue weighted by Gasteiger charge is 2.08.